The van der Waals surface area contributed by atoms with Gasteiger partial charge in [0.15, 0.2) is 0 Å². The van der Waals surface area contributed by atoms with E-state index in [2.05, 4.69) is 11.8 Å². The molecular formula is C14H21N3O3. The molecule has 6 nitrogen and oxygen atoms in total. The molecule has 6 heteroatoms. The molecule has 2 atom stereocenters. The van der Waals surface area contributed by atoms with E-state index >= 15 is 0 Å². The van der Waals surface area contributed by atoms with Crippen LogP contribution in [0, 0.1) is 16.0 Å². The molecule has 0 bridgehead atoms. The number of methoxy groups -OCH3 is 1. The second-order valence-electron chi connectivity index (χ2n) is 5.29. The maximum Gasteiger partial charge on any atom is 0.296 e. The van der Waals surface area contributed by atoms with E-state index in [-0.39, 0.29) is 16.7 Å². The number of nitro benzene ring substituents is 1. The van der Waals surface area contributed by atoms with Crippen molar-refractivity contribution in [2.45, 2.75) is 25.8 Å². The van der Waals surface area contributed by atoms with Gasteiger partial charge in [0.2, 0.25) is 0 Å². The van der Waals surface area contributed by atoms with Crippen molar-refractivity contribution in [3.8, 4) is 5.75 Å². The summed E-state index contributed by atoms with van der Waals surface area (Å²) in [5, 5.41) is 11.3. The lowest BCUT2D eigenvalue weighted by atomic mass is 9.93. The minimum Gasteiger partial charge on any atom is -0.496 e. The van der Waals surface area contributed by atoms with Crippen molar-refractivity contribution < 1.29 is 9.66 Å². The Kier molecular flexibility index (Phi) is 4.44. The normalized spacial score (nSPS) is 22.6. The summed E-state index contributed by atoms with van der Waals surface area (Å²) in [4.78, 5) is 13.0. The van der Waals surface area contributed by atoms with Crippen molar-refractivity contribution >= 4 is 11.4 Å². The van der Waals surface area contributed by atoms with E-state index in [4.69, 9.17) is 10.5 Å². The average molecular weight is 279 g/mol. The summed E-state index contributed by atoms with van der Waals surface area (Å²) >= 11 is 0. The van der Waals surface area contributed by atoms with Gasteiger partial charge in [-0.25, -0.2) is 0 Å². The van der Waals surface area contributed by atoms with E-state index in [9.17, 15) is 10.1 Å². The largest absolute Gasteiger partial charge is 0.496 e. The highest BCUT2D eigenvalue weighted by Gasteiger charge is 2.29. The van der Waals surface area contributed by atoms with Gasteiger partial charge >= 0.3 is 0 Å². The van der Waals surface area contributed by atoms with Gasteiger partial charge in [-0.2, -0.15) is 0 Å². The van der Waals surface area contributed by atoms with Crippen LogP contribution in [0.5, 0.6) is 5.75 Å². The monoisotopic (exact) mass is 279 g/mol. The number of nitrogens with zero attached hydrogens (tertiary/aromatic N) is 2. The summed E-state index contributed by atoms with van der Waals surface area (Å²) in [6, 6.07) is 5.30. The van der Waals surface area contributed by atoms with Crippen LogP contribution in [0.4, 0.5) is 11.4 Å². The number of benzene rings is 1. The quantitative estimate of drug-likeness (QED) is 0.674. The molecule has 1 aromatic rings. The Hall–Kier alpha value is -1.82. The van der Waals surface area contributed by atoms with Crippen LogP contribution in [0.1, 0.15) is 19.8 Å². The second-order valence-corrected chi connectivity index (χ2v) is 5.29. The van der Waals surface area contributed by atoms with Crippen LogP contribution >= 0.6 is 0 Å². The fourth-order valence-electron chi connectivity index (χ4n) is 2.73. The van der Waals surface area contributed by atoms with Gasteiger partial charge in [0.05, 0.1) is 18.1 Å². The summed E-state index contributed by atoms with van der Waals surface area (Å²) in [6.07, 6.45) is 2.09. The fraction of sp³-hybridized carbons (Fsp3) is 0.571. The van der Waals surface area contributed by atoms with Crippen molar-refractivity contribution in [1.82, 2.24) is 0 Å². The molecule has 20 heavy (non-hydrogen) atoms. The predicted molar refractivity (Wildman–Crippen MR) is 78.2 cm³/mol. The molecule has 2 N–H and O–H groups in total. The lowest BCUT2D eigenvalue weighted by molar-refractivity contribution is -0.384. The van der Waals surface area contributed by atoms with Crippen molar-refractivity contribution in [1.29, 1.82) is 0 Å². The Morgan fingerprint density at radius 3 is 2.85 bits per heavy atom. The molecule has 0 saturated carbocycles. The van der Waals surface area contributed by atoms with Crippen LogP contribution < -0.4 is 15.4 Å². The predicted octanol–water partition coefficient (Wildman–Crippen LogP) is 2.17. The number of rotatable bonds is 4. The van der Waals surface area contributed by atoms with E-state index in [1.165, 1.54) is 13.2 Å². The van der Waals surface area contributed by atoms with Gasteiger partial charge in [0, 0.05) is 12.6 Å². The summed E-state index contributed by atoms with van der Waals surface area (Å²) in [5.74, 6) is 0.897. The summed E-state index contributed by atoms with van der Waals surface area (Å²) in [7, 11) is 1.51. The highest BCUT2D eigenvalue weighted by molar-refractivity contribution is 5.66. The molecule has 0 aromatic heterocycles. The summed E-state index contributed by atoms with van der Waals surface area (Å²) in [6.45, 7) is 3.48. The Morgan fingerprint density at radius 1 is 1.50 bits per heavy atom. The third-order valence-corrected chi connectivity index (χ3v) is 4.00. The van der Waals surface area contributed by atoms with Crippen molar-refractivity contribution in [3.63, 3.8) is 0 Å². The standard InChI is InChI=1S/C14H21N3O3/c1-10-3-4-11(8-15)9-16(10)13-6-5-12(20-2)7-14(13)17(18)19/h5-7,10-11H,3-4,8-9,15H2,1-2H3. The molecule has 1 aromatic carbocycles. The van der Waals surface area contributed by atoms with Crippen molar-refractivity contribution in [2.24, 2.45) is 11.7 Å². The SMILES string of the molecule is COc1ccc(N2CC(CN)CCC2C)c([N+](=O)[O-])c1. The Bertz CT molecular complexity index is 493. The maximum absolute atomic E-state index is 11.3. The molecule has 0 spiro atoms. The van der Waals surface area contributed by atoms with E-state index in [0.717, 1.165) is 19.4 Å². The second kappa shape index (κ2) is 6.09. The van der Waals surface area contributed by atoms with Gasteiger partial charge in [-0.3, -0.25) is 10.1 Å². The molecule has 2 rings (SSSR count). The first kappa shape index (κ1) is 14.6. The van der Waals surface area contributed by atoms with Crippen LogP contribution in [0.25, 0.3) is 0 Å². The van der Waals surface area contributed by atoms with Gasteiger partial charge in [0.25, 0.3) is 5.69 Å². The third-order valence-electron chi connectivity index (χ3n) is 4.00. The molecule has 1 saturated heterocycles. The van der Waals surface area contributed by atoms with Gasteiger partial charge in [-0.15, -0.1) is 0 Å². The number of nitrogens with two attached hydrogens (primary N) is 1. The van der Waals surface area contributed by atoms with Gasteiger partial charge in [0.1, 0.15) is 11.4 Å². The highest BCUT2D eigenvalue weighted by atomic mass is 16.6. The van der Waals surface area contributed by atoms with Crippen LogP contribution in [0.3, 0.4) is 0 Å². The lowest BCUT2D eigenvalue weighted by Crippen LogP contribution is -2.44. The van der Waals surface area contributed by atoms with Gasteiger partial charge < -0.3 is 15.4 Å². The fourth-order valence-corrected chi connectivity index (χ4v) is 2.73. The average Bonchev–Trinajstić information content (AvgIpc) is 2.47. The first-order valence-electron chi connectivity index (χ1n) is 6.86. The zero-order valence-electron chi connectivity index (χ0n) is 11.9. The van der Waals surface area contributed by atoms with Crippen LogP contribution in [0.2, 0.25) is 0 Å². The third kappa shape index (κ3) is 2.85. The summed E-state index contributed by atoms with van der Waals surface area (Å²) in [5.41, 5.74) is 6.50. The number of hydrogen-bond acceptors (Lipinski definition) is 5. The summed E-state index contributed by atoms with van der Waals surface area (Å²) < 4.78 is 5.07. The molecule has 2 unspecified atom stereocenters. The zero-order valence-corrected chi connectivity index (χ0v) is 11.9. The first-order chi connectivity index (χ1) is 9.56. The Morgan fingerprint density at radius 2 is 2.25 bits per heavy atom. The van der Waals surface area contributed by atoms with Gasteiger partial charge in [-0.1, -0.05) is 0 Å². The number of nitro groups is 1. The minimum atomic E-state index is -0.351. The van der Waals surface area contributed by atoms with E-state index in [1.807, 2.05) is 0 Å². The van der Waals surface area contributed by atoms with Crippen LogP contribution in [-0.2, 0) is 0 Å². The number of piperidine rings is 1. The molecule has 0 aliphatic carbocycles. The Balaban J connectivity index is 2.37. The zero-order chi connectivity index (χ0) is 14.7. The number of ether oxygens (including phenoxy) is 1. The van der Waals surface area contributed by atoms with Crippen molar-refractivity contribution in [3.05, 3.63) is 28.3 Å². The Labute approximate surface area is 118 Å². The van der Waals surface area contributed by atoms with Gasteiger partial charge in [-0.05, 0) is 44.4 Å². The topological polar surface area (TPSA) is 81.6 Å². The molecule has 0 radical (unpaired) electrons. The first-order valence-corrected chi connectivity index (χ1v) is 6.86. The number of hydrogen-bond donors (Lipinski definition) is 1. The molecule has 1 aliphatic rings. The van der Waals surface area contributed by atoms with Crippen molar-refractivity contribution in [2.75, 3.05) is 25.1 Å². The maximum atomic E-state index is 11.3. The number of anilines is 1. The lowest BCUT2D eigenvalue weighted by Gasteiger charge is -2.39. The van der Waals surface area contributed by atoms with E-state index in [1.54, 1.807) is 12.1 Å². The molecule has 1 aliphatic heterocycles. The minimum absolute atomic E-state index is 0.0915. The van der Waals surface area contributed by atoms with Crippen LogP contribution in [0.15, 0.2) is 18.2 Å². The van der Waals surface area contributed by atoms with E-state index in [0.29, 0.717) is 23.9 Å². The van der Waals surface area contributed by atoms with Crippen LogP contribution in [-0.4, -0.2) is 31.2 Å². The highest BCUT2D eigenvalue weighted by Crippen LogP contribution is 2.36. The molecule has 1 fully saturated rings. The molecule has 0 amide bonds. The molecule has 110 valence electrons. The molecule has 1 heterocycles. The smallest absolute Gasteiger partial charge is 0.296 e. The van der Waals surface area contributed by atoms with E-state index < -0.39 is 0 Å². The molecular weight excluding hydrogens is 258 g/mol.